The van der Waals surface area contributed by atoms with E-state index < -0.39 is 50.4 Å². The molecule has 1 aliphatic heterocycles. The van der Waals surface area contributed by atoms with Crippen LogP contribution in [-0.4, -0.2) is 63.0 Å². The Morgan fingerprint density at radius 1 is 1.05 bits per heavy atom. The lowest BCUT2D eigenvalue weighted by molar-refractivity contribution is -0.426. The topological polar surface area (TPSA) is 57.2 Å². The van der Waals surface area contributed by atoms with E-state index in [2.05, 4.69) is 45.7 Å². The molecule has 3 saturated carbocycles. The molecular weight excluding hydrogens is 501 g/mol. The van der Waals surface area contributed by atoms with Crippen LogP contribution in [-0.2, 0) is 18.6 Å². The Labute approximate surface area is 221 Å². The maximum absolute atomic E-state index is 13.3. The summed E-state index contributed by atoms with van der Waals surface area (Å²) >= 11 is 0. The SMILES string of the molecule is CC1[C@H]2[C@H](C#C[C@@H](O[Si](C)(C)C(C)(C)C)C3CCCCC3)[C@@H](O)CC[C@@]2(OCC(F)(F)F)C12OCCO2. The van der Waals surface area contributed by atoms with Gasteiger partial charge in [0, 0.05) is 11.8 Å². The summed E-state index contributed by atoms with van der Waals surface area (Å²) in [5, 5.41) is 11.1. The quantitative estimate of drug-likeness (QED) is 0.336. The van der Waals surface area contributed by atoms with Crippen molar-refractivity contribution in [3.05, 3.63) is 0 Å². The second-order valence-electron chi connectivity index (χ2n) is 13.1. The summed E-state index contributed by atoms with van der Waals surface area (Å²) in [7, 11) is -2.12. The number of hydrogen-bond acceptors (Lipinski definition) is 5. The molecule has 5 nitrogen and oxygen atoms in total. The maximum atomic E-state index is 13.3. The minimum absolute atomic E-state index is 0.0263. The van der Waals surface area contributed by atoms with Crippen molar-refractivity contribution in [3.63, 3.8) is 0 Å². The van der Waals surface area contributed by atoms with Gasteiger partial charge in [-0.15, -0.1) is 0 Å². The Balaban J connectivity index is 1.65. The minimum Gasteiger partial charge on any atom is -0.403 e. The molecule has 1 heterocycles. The molecule has 4 rings (SSSR count). The number of ether oxygens (including phenoxy) is 3. The van der Waals surface area contributed by atoms with Gasteiger partial charge in [-0.2, -0.15) is 13.2 Å². The van der Waals surface area contributed by atoms with Gasteiger partial charge in [-0.25, -0.2) is 0 Å². The molecule has 3 aliphatic carbocycles. The molecule has 212 valence electrons. The second-order valence-corrected chi connectivity index (χ2v) is 17.8. The van der Waals surface area contributed by atoms with E-state index in [1.807, 2.05) is 6.92 Å². The Hall–Kier alpha value is -0.633. The largest absolute Gasteiger partial charge is 0.411 e. The fraction of sp³-hybridized carbons (Fsp3) is 0.929. The van der Waals surface area contributed by atoms with Gasteiger partial charge in [-0.3, -0.25) is 0 Å². The average molecular weight is 547 g/mol. The van der Waals surface area contributed by atoms with Gasteiger partial charge in [-0.1, -0.05) is 58.8 Å². The highest BCUT2D eigenvalue weighted by atomic mass is 28.4. The summed E-state index contributed by atoms with van der Waals surface area (Å²) in [5.41, 5.74) is -1.28. The summed E-state index contributed by atoms with van der Waals surface area (Å²) in [6.07, 6.45) is 0.703. The van der Waals surface area contributed by atoms with Gasteiger partial charge < -0.3 is 23.7 Å². The Morgan fingerprint density at radius 2 is 1.68 bits per heavy atom. The molecule has 1 N–H and O–H groups in total. The molecular formula is C28H45F3O5Si. The lowest BCUT2D eigenvalue weighted by atomic mass is 9.47. The van der Waals surface area contributed by atoms with Gasteiger partial charge in [0.2, 0.25) is 5.79 Å². The van der Waals surface area contributed by atoms with Gasteiger partial charge in [0.15, 0.2) is 8.32 Å². The molecule has 0 radical (unpaired) electrons. The fourth-order valence-corrected chi connectivity index (χ4v) is 8.08. The molecule has 0 aromatic carbocycles. The van der Waals surface area contributed by atoms with Gasteiger partial charge in [0.1, 0.15) is 18.3 Å². The first kappa shape index (κ1) is 29.4. The van der Waals surface area contributed by atoms with E-state index in [-0.39, 0.29) is 29.9 Å². The number of rotatable bonds is 5. The smallest absolute Gasteiger partial charge is 0.403 e. The molecule has 1 unspecified atom stereocenters. The van der Waals surface area contributed by atoms with Gasteiger partial charge in [0.25, 0.3) is 0 Å². The highest BCUT2D eigenvalue weighted by Gasteiger charge is 2.78. The molecule has 0 bridgehead atoms. The van der Waals surface area contributed by atoms with Crippen molar-refractivity contribution in [2.75, 3.05) is 19.8 Å². The van der Waals surface area contributed by atoms with Crippen LogP contribution in [0, 0.1) is 35.5 Å². The molecule has 4 aliphatic rings. The molecule has 0 aromatic heterocycles. The van der Waals surface area contributed by atoms with Crippen molar-refractivity contribution in [1.29, 1.82) is 0 Å². The summed E-state index contributed by atoms with van der Waals surface area (Å²) in [5.74, 6) is 4.68. The summed E-state index contributed by atoms with van der Waals surface area (Å²) < 4.78 is 64.4. The minimum atomic E-state index is -4.47. The van der Waals surface area contributed by atoms with Crippen molar-refractivity contribution in [1.82, 2.24) is 0 Å². The van der Waals surface area contributed by atoms with Crippen LogP contribution in [0.4, 0.5) is 13.2 Å². The van der Waals surface area contributed by atoms with Crippen LogP contribution >= 0.6 is 0 Å². The normalized spacial score (nSPS) is 35.4. The summed E-state index contributed by atoms with van der Waals surface area (Å²) in [4.78, 5) is 0. The Kier molecular flexibility index (Phi) is 8.25. The number of halogens is 3. The zero-order chi connectivity index (χ0) is 27.3. The zero-order valence-corrected chi connectivity index (χ0v) is 24.2. The lowest BCUT2D eigenvalue weighted by Gasteiger charge is -2.68. The predicted octanol–water partition coefficient (Wildman–Crippen LogP) is 6.06. The molecule has 0 aromatic rings. The molecule has 1 spiro atoms. The van der Waals surface area contributed by atoms with Crippen LogP contribution in [0.2, 0.25) is 18.1 Å². The first-order valence-corrected chi connectivity index (χ1v) is 16.9. The van der Waals surface area contributed by atoms with Crippen molar-refractivity contribution >= 4 is 8.32 Å². The average Bonchev–Trinajstić information content (AvgIpc) is 3.33. The van der Waals surface area contributed by atoms with Crippen molar-refractivity contribution in [3.8, 4) is 11.8 Å². The van der Waals surface area contributed by atoms with E-state index in [0.717, 1.165) is 25.7 Å². The van der Waals surface area contributed by atoms with Gasteiger partial charge >= 0.3 is 6.18 Å². The predicted molar refractivity (Wildman–Crippen MR) is 137 cm³/mol. The Bertz CT molecular complexity index is 864. The number of alkyl halides is 3. The van der Waals surface area contributed by atoms with Gasteiger partial charge in [0.05, 0.1) is 25.2 Å². The van der Waals surface area contributed by atoms with E-state index in [1.54, 1.807) is 0 Å². The van der Waals surface area contributed by atoms with Crippen LogP contribution < -0.4 is 0 Å². The third kappa shape index (κ3) is 5.40. The molecule has 4 fully saturated rings. The van der Waals surface area contributed by atoms with Crippen molar-refractivity contribution in [2.45, 2.75) is 121 Å². The summed E-state index contributed by atoms with van der Waals surface area (Å²) in [6, 6.07) is 0. The van der Waals surface area contributed by atoms with Crippen LogP contribution in [0.5, 0.6) is 0 Å². The molecule has 0 amide bonds. The van der Waals surface area contributed by atoms with E-state index in [9.17, 15) is 18.3 Å². The highest BCUT2D eigenvalue weighted by Crippen LogP contribution is 2.66. The molecule has 9 heteroatoms. The number of aliphatic hydroxyl groups excluding tert-OH is 1. The van der Waals surface area contributed by atoms with Crippen molar-refractivity contribution < 1.29 is 36.9 Å². The summed E-state index contributed by atoms with van der Waals surface area (Å²) in [6.45, 7) is 12.2. The second kappa shape index (κ2) is 10.4. The lowest BCUT2D eigenvalue weighted by Crippen LogP contribution is -2.80. The standard InChI is InChI=1S/C28H45F3O5Si/c1-19-24-21(12-13-23(20-10-8-7-9-11-20)36-37(5,6)25(2,3)4)22(32)14-15-26(24,35-18-27(29,30)31)28(19)33-16-17-34-28/h19-24,32H,7-11,14-18H2,1-6H3/t19?,21-,22+,23-,24+,26+/m1/s1. The molecule has 37 heavy (non-hydrogen) atoms. The van der Waals surface area contributed by atoms with Gasteiger partial charge in [-0.05, 0) is 49.7 Å². The molecule has 1 saturated heterocycles. The highest BCUT2D eigenvalue weighted by molar-refractivity contribution is 6.74. The monoisotopic (exact) mass is 546 g/mol. The number of aliphatic hydroxyl groups is 1. The van der Waals surface area contributed by atoms with E-state index >= 15 is 0 Å². The Morgan fingerprint density at radius 3 is 2.24 bits per heavy atom. The third-order valence-corrected chi connectivity index (χ3v) is 14.2. The maximum Gasteiger partial charge on any atom is 0.411 e. The zero-order valence-electron chi connectivity index (χ0n) is 23.2. The van der Waals surface area contributed by atoms with Crippen LogP contribution in [0.25, 0.3) is 0 Å². The fourth-order valence-electron chi connectivity index (χ4n) is 6.84. The van der Waals surface area contributed by atoms with E-state index in [4.69, 9.17) is 18.6 Å². The first-order chi connectivity index (χ1) is 17.1. The van der Waals surface area contributed by atoms with Crippen LogP contribution in [0.15, 0.2) is 0 Å². The van der Waals surface area contributed by atoms with Crippen molar-refractivity contribution in [2.24, 2.45) is 23.7 Å². The third-order valence-electron chi connectivity index (χ3n) is 9.79. The van der Waals surface area contributed by atoms with E-state index in [1.165, 1.54) is 6.42 Å². The number of hydrogen-bond donors (Lipinski definition) is 1. The van der Waals surface area contributed by atoms with E-state index in [0.29, 0.717) is 19.1 Å². The first-order valence-electron chi connectivity index (χ1n) is 14.0. The van der Waals surface area contributed by atoms with Crippen LogP contribution in [0.1, 0.15) is 72.6 Å². The van der Waals surface area contributed by atoms with Crippen LogP contribution in [0.3, 0.4) is 0 Å². The number of fused-ring (bicyclic) bond motifs is 2. The molecule has 6 atom stereocenters.